The van der Waals surface area contributed by atoms with Gasteiger partial charge in [-0.2, -0.15) is 0 Å². The Morgan fingerprint density at radius 1 is 1.07 bits per heavy atom. The minimum absolute atomic E-state index is 0.347. The molecule has 0 heterocycles. The van der Waals surface area contributed by atoms with E-state index in [2.05, 4.69) is 6.92 Å². The Balaban J connectivity index is 2.31. The lowest BCUT2D eigenvalue weighted by Gasteiger charge is -2.15. The van der Waals surface area contributed by atoms with Gasteiger partial charge in [0.2, 0.25) is 0 Å². The summed E-state index contributed by atoms with van der Waals surface area (Å²) < 4.78 is 25.9. The van der Waals surface area contributed by atoms with Crippen LogP contribution in [0.5, 0.6) is 0 Å². The first-order chi connectivity index (χ1) is 6.66. The molecule has 1 aliphatic carbocycles. The summed E-state index contributed by atoms with van der Waals surface area (Å²) in [5, 5.41) is 0. The van der Waals surface area contributed by atoms with Gasteiger partial charge in [-0.25, -0.2) is 8.78 Å². The Labute approximate surface area is 82.9 Å². The molecule has 0 aromatic heterocycles. The molecule has 2 heteroatoms. The predicted octanol–water partition coefficient (Wildman–Crippen LogP) is 3.87. The van der Waals surface area contributed by atoms with Gasteiger partial charge in [-0.1, -0.05) is 19.8 Å². The third kappa shape index (κ3) is 1.79. The molecule has 0 aliphatic heterocycles. The van der Waals surface area contributed by atoms with Crippen LogP contribution in [0.25, 0.3) is 0 Å². The zero-order valence-corrected chi connectivity index (χ0v) is 8.26. The van der Waals surface area contributed by atoms with Crippen LogP contribution in [0, 0.1) is 17.6 Å². The number of hydrogen-bond acceptors (Lipinski definition) is 0. The molecule has 2 atom stereocenters. The summed E-state index contributed by atoms with van der Waals surface area (Å²) in [6, 6.07) is 3.87. The quantitative estimate of drug-likeness (QED) is 0.639. The Bertz CT molecular complexity index is 313. The lowest BCUT2D eigenvalue weighted by atomic mass is 9.90. The number of hydrogen-bond donors (Lipinski definition) is 0. The molecule has 1 fully saturated rings. The Morgan fingerprint density at radius 3 is 2.21 bits per heavy atom. The molecule has 2 rings (SSSR count). The van der Waals surface area contributed by atoms with Crippen LogP contribution < -0.4 is 0 Å². The van der Waals surface area contributed by atoms with Crippen molar-refractivity contribution >= 4 is 0 Å². The molecule has 0 amide bonds. The molecule has 1 aliphatic rings. The van der Waals surface area contributed by atoms with Gasteiger partial charge in [-0.05, 0) is 36.0 Å². The Kier molecular flexibility index (Phi) is 2.53. The molecule has 1 saturated carbocycles. The summed E-state index contributed by atoms with van der Waals surface area (Å²) in [6.07, 6.45) is 3.40. The molecule has 0 spiro atoms. The molecule has 1 aromatic rings. The number of benzene rings is 1. The van der Waals surface area contributed by atoms with E-state index in [0.717, 1.165) is 18.1 Å². The maximum atomic E-state index is 13.0. The maximum absolute atomic E-state index is 13.0. The average molecular weight is 196 g/mol. The van der Waals surface area contributed by atoms with Crippen molar-refractivity contribution in [2.75, 3.05) is 0 Å². The Hall–Kier alpha value is -0.920. The molecule has 14 heavy (non-hydrogen) atoms. The SMILES string of the molecule is C[C@@H]1CCC[C@@H]1c1cc(F)cc(F)c1. The highest BCUT2D eigenvalue weighted by molar-refractivity contribution is 5.23. The van der Waals surface area contributed by atoms with Gasteiger partial charge in [-0.15, -0.1) is 0 Å². The first-order valence-corrected chi connectivity index (χ1v) is 5.13. The van der Waals surface area contributed by atoms with E-state index in [4.69, 9.17) is 0 Å². The van der Waals surface area contributed by atoms with Crippen LogP contribution >= 0.6 is 0 Å². The molecule has 0 unspecified atom stereocenters. The highest BCUT2D eigenvalue weighted by Gasteiger charge is 2.25. The van der Waals surface area contributed by atoms with E-state index < -0.39 is 11.6 Å². The van der Waals surface area contributed by atoms with Gasteiger partial charge in [0.25, 0.3) is 0 Å². The van der Waals surface area contributed by atoms with E-state index >= 15 is 0 Å². The topological polar surface area (TPSA) is 0 Å². The van der Waals surface area contributed by atoms with Crippen LogP contribution in [0.15, 0.2) is 18.2 Å². The third-order valence-corrected chi connectivity index (χ3v) is 3.17. The second-order valence-electron chi connectivity index (χ2n) is 4.22. The molecule has 1 aromatic carbocycles. The predicted molar refractivity (Wildman–Crippen MR) is 52.1 cm³/mol. The fourth-order valence-electron chi connectivity index (χ4n) is 2.43. The summed E-state index contributed by atoms with van der Waals surface area (Å²) in [5.41, 5.74) is 0.826. The molecule has 0 bridgehead atoms. The van der Waals surface area contributed by atoms with Gasteiger partial charge < -0.3 is 0 Å². The van der Waals surface area contributed by atoms with Crippen LogP contribution in [0.2, 0.25) is 0 Å². The molecule has 0 saturated heterocycles. The maximum Gasteiger partial charge on any atom is 0.126 e. The summed E-state index contributed by atoms with van der Waals surface area (Å²) in [5.74, 6) is -0.0189. The van der Waals surface area contributed by atoms with Crippen molar-refractivity contribution in [3.05, 3.63) is 35.4 Å². The standard InChI is InChI=1S/C12H14F2/c1-8-3-2-4-12(8)9-5-10(13)7-11(14)6-9/h5-8,12H,2-4H2,1H3/t8-,12+/m1/s1. The summed E-state index contributed by atoms with van der Waals surface area (Å²) in [7, 11) is 0. The first-order valence-electron chi connectivity index (χ1n) is 5.13. The molecule has 0 N–H and O–H groups in total. The summed E-state index contributed by atoms with van der Waals surface area (Å²) >= 11 is 0. The zero-order valence-electron chi connectivity index (χ0n) is 8.26. The van der Waals surface area contributed by atoms with Gasteiger partial charge in [0, 0.05) is 6.07 Å². The molecular weight excluding hydrogens is 182 g/mol. The van der Waals surface area contributed by atoms with E-state index in [1.54, 1.807) is 0 Å². The molecular formula is C12H14F2. The smallest absolute Gasteiger partial charge is 0.126 e. The van der Waals surface area contributed by atoms with Gasteiger partial charge in [0.05, 0.1) is 0 Å². The van der Waals surface area contributed by atoms with E-state index in [1.807, 2.05) is 0 Å². The van der Waals surface area contributed by atoms with Crippen molar-refractivity contribution in [2.24, 2.45) is 5.92 Å². The monoisotopic (exact) mass is 196 g/mol. The average Bonchev–Trinajstić information content (AvgIpc) is 2.49. The van der Waals surface area contributed by atoms with E-state index in [-0.39, 0.29) is 0 Å². The van der Waals surface area contributed by atoms with Crippen LogP contribution in [0.1, 0.15) is 37.7 Å². The first kappa shape index (κ1) is 9.63. The second kappa shape index (κ2) is 3.68. The van der Waals surface area contributed by atoms with Crippen LogP contribution in [-0.4, -0.2) is 0 Å². The lowest BCUT2D eigenvalue weighted by Crippen LogP contribution is -2.02. The number of rotatable bonds is 1. The highest BCUT2D eigenvalue weighted by Crippen LogP contribution is 2.39. The Morgan fingerprint density at radius 2 is 1.71 bits per heavy atom. The largest absolute Gasteiger partial charge is 0.207 e. The molecule has 0 radical (unpaired) electrons. The van der Waals surface area contributed by atoms with Gasteiger partial charge in [0.1, 0.15) is 11.6 Å². The number of halogens is 2. The van der Waals surface area contributed by atoms with Crippen LogP contribution in [-0.2, 0) is 0 Å². The fourth-order valence-corrected chi connectivity index (χ4v) is 2.43. The van der Waals surface area contributed by atoms with Crippen molar-refractivity contribution in [1.82, 2.24) is 0 Å². The lowest BCUT2D eigenvalue weighted by molar-refractivity contribution is 0.519. The highest BCUT2D eigenvalue weighted by atomic mass is 19.1. The van der Waals surface area contributed by atoms with Crippen molar-refractivity contribution in [3.63, 3.8) is 0 Å². The van der Waals surface area contributed by atoms with Gasteiger partial charge >= 0.3 is 0 Å². The van der Waals surface area contributed by atoms with E-state index in [1.165, 1.54) is 25.0 Å². The van der Waals surface area contributed by atoms with Gasteiger partial charge in [0.15, 0.2) is 0 Å². The van der Waals surface area contributed by atoms with Gasteiger partial charge in [-0.3, -0.25) is 0 Å². The molecule has 0 nitrogen and oxygen atoms in total. The summed E-state index contributed by atoms with van der Waals surface area (Å²) in [4.78, 5) is 0. The van der Waals surface area contributed by atoms with E-state index in [0.29, 0.717) is 11.8 Å². The van der Waals surface area contributed by atoms with Crippen molar-refractivity contribution in [3.8, 4) is 0 Å². The van der Waals surface area contributed by atoms with Crippen molar-refractivity contribution < 1.29 is 8.78 Å². The third-order valence-electron chi connectivity index (χ3n) is 3.17. The zero-order chi connectivity index (χ0) is 10.1. The van der Waals surface area contributed by atoms with E-state index in [9.17, 15) is 8.78 Å². The summed E-state index contributed by atoms with van der Waals surface area (Å²) in [6.45, 7) is 2.15. The van der Waals surface area contributed by atoms with Crippen LogP contribution in [0.3, 0.4) is 0 Å². The minimum Gasteiger partial charge on any atom is -0.207 e. The van der Waals surface area contributed by atoms with Crippen molar-refractivity contribution in [1.29, 1.82) is 0 Å². The second-order valence-corrected chi connectivity index (χ2v) is 4.22. The van der Waals surface area contributed by atoms with Crippen LogP contribution in [0.4, 0.5) is 8.78 Å². The normalized spacial score (nSPS) is 26.8. The van der Waals surface area contributed by atoms with Crippen molar-refractivity contribution in [2.45, 2.75) is 32.1 Å². The minimum atomic E-state index is -0.459. The molecule has 76 valence electrons. The fraction of sp³-hybridized carbons (Fsp3) is 0.500.